The molecule has 0 fully saturated rings. The van der Waals surface area contributed by atoms with Gasteiger partial charge in [-0.2, -0.15) is 0 Å². The van der Waals surface area contributed by atoms with Crippen LogP contribution in [0.25, 0.3) is 11.3 Å². The fourth-order valence-electron chi connectivity index (χ4n) is 2.00. The first kappa shape index (κ1) is 14.6. The van der Waals surface area contributed by atoms with Gasteiger partial charge in [-0.15, -0.1) is 5.10 Å². The largest absolute Gasteiger partial charge is 0.496 e. The summed E-state index contributed by atoms with van der Waals surface area (Å²) in [7, 11) is 1.64. The van der Waals surface area contributed by atoms with Gasteiger partial charge in [-0.3, -0.25) is 0 Å². The van der Waals surface area contributed by atoms with E-state index in [1.165, 1.54) is 11.8 Å². The van der Waals surface area contributed by atoms with E-state index < -0.39 is 0 Å². The van der Waals surface area contributed by atoms with Crippen LogP contribution in [0.5, 0.6) is 5.75 Å². The van der Waals surface area contributed by atoms with Crippen LogP contribution in [0.15, 0.2) is 40.0 Å². The van der Waals surface area contributed by atoms with Crippen LogP contribution in [0.1, 0.15) is 12.7 Å². The van der Waals surface area contributed by atoms with Crippen molar-refractivity contribution in [1.82, 2.24) is 25.4 Å². The van der Waals surface area contributed by atoms with E-state index in [9.17, 15) is 0 Å². The summed E-state index contributed by atoms with van der Waals surface area (Å²) in [6, 6.07) is 9.62. The van der Waals surface area contributed by atoms with Crippen molar-refractivity contribution in [2.45, 2.75) is 24.4 Å². The average molecular weight is 317 g/mol. The molecule has 0 aliphatic heterocycles. The minimum Gasteiger partial charge on any atom is -0.496 e. The van der Waals surface area contributed by atoms with Gasteiger partial charge < -0.3 is 9.26 Å². The van der Waals surface area contributed by atoms with Crippen molar-refractivity contribution >= 4 is 11.8 Å². The highest BCUT2D eigenvalue weighted by Crippen LogP contribution is 2.30. The highest BCUT2D eigenvalue weighted by Gasteiger charge is 2.12. The van der Waals surface area contributed by atoms with Crippen molar-refractivity contribution in [2.75, 3.05) is 7.11 Å². The number of aryl methyl sites for hydroxylation is 1. The lowest BCUT2D eigenvalue weighted by molar-refractivity contribution is 0.395. The van der Waals surface area contributed by atoms with Gasteiger partial charge in [-0.1, -0.05) is 29.1 Å². The molecule has 114 valence electrons. The van der Waals surface area contributed by atoms with Crippen molar-refractivity contribution in [1.29, 1.82) is 0 Å². The molecule has 1 aromatic carbocycles. The van der Waals surface area contributed by atoms with E-state index in [0.717, 1.165) is 34.5 Å². The number of rotatable bonds is 6. The van der Waals surface area contributed by atoms with Crippen LogP contribution >= 0.6 is 11.8 Å². The summed E-state index contributed by atoms with van der Waals surface area (Å²) in [6.45, 7) is 2.73. The van der Waals surface area contributed by atoms with Gasteiger partial charge in [-0.25, -0.2) is 4.68 Å². The Bertz CT molecular complexity index is 755. The Balaban J connectivity index is 1.74. The monoisotopic (exact) mass is 317 g/mol. The summed E-state index contributed by atoms with van der Waals surface area (Å²) in [6.07, 6.45) is 0. The summed E-state index contributed by atoms with van der Waals surface area (Å²) in [5.74, 6) is 2.14. The van der Waals surface area contributed by atoms with Crippen LogP contribution in [0.2, 0.25) is 0 Å². The van der Waals surface area contributed by atoms with E-state index in [2.05, 4.69) is 20.7 Å². The number of para-hydroxylation sites is 1. The molecule has 0 spiro atoms. The van der Waals surface area contributed by atoms with Crippen LogP contribution in [-0.4, -0.2) is 32.5 Å². The van der Waals surface area contributed by atoms with Gasteiger partial charge in [0.2, 0.25) is 5.16 Å². The number of ether oxygens (including phenoxy) is 1. The fraction of sp³-hybridized carbons (Fsp3) is 0.286. The van der Waals surface area contributed by atoms with Crippen LogP contribution in [-0.2, 0) is 12.3 Å². The molecule has 2 aromatic heterocycles. The number of tetrazole rings is 1. The second-order valence-corrected chi connectivity index (χ2v) is 5.39. The number of methoxy groups -OCH3 is 1. The van der Waals surface area contributed by atoms with Gasteiger partial charge in [0, 0.05) is 18.2 Å². The van der Waals surface area contributed by atoms with Crippen LogP contribution in [0.3, 0.4) is 0 Å². The highest BCUT2D eigenvalue weighted by molar-refractivity contribution is 7.98. The summed E-state index contributed by atoms with van der Waals surface area (Å²) >= 11 is 1.51. The lowest BCUT2D eigenvalue weighted by Gasteiger charge is -2.03. The molecule has 22 heavy (non-hydrogen) atoms. The summed E-state index contributed by atoms with van der Waals surface area (Å²) in [5.41, 5.74) is 1.66. The minimum atomic E-state index is 0.614. The first-order valence-corrected chi connectivity index (χ1v) is 7.78. The molecule has 0 aliphatic rings. The van der Waals surface area contributed by atoms with Crippen molar-refractivity contribution in [3.8, 4) is 17.0 Å². The smallest absolute Gasteiger partial charge is 0.209 e. The predicted molar refractivity (Wildman–Crippen MR) is 81.5 cm³/mol. The SMILES string of the molecule is CCn1nnnc1SCc1cc(-c2ccccc2OC)no1. The zero-order chi connectivity index (χ0) is 15.4. The maximum atomic E-state index is 5.39. The van der Waals surface area contributed by atoms with Gasteiger partial charge in [0.05, 0.1) is 12.9 Å². The summed E-state index contributed by atoms with van der Waals surface area (Å²) in [4.78, 5) is 0. The van der Waals surface area contributed by atoms with E-state index >= 15 is 0 Å². The molecule has 0 saturated carbocycles. The van der Waals surface area contributed by atoms with E-state index in [1.54, 1.807) is 11.8 Å². The highest BCUT2D eigenvalue weighted by atomic mass is 32.2. The third-order valence-electron chi connectivity index (χ3n) is 3.08. The molecule has 0 atom stereocenters. The first-order chi connectivity index (χ1) is 10.8. The van der Waals surface area contributed by atoms with Gasteiger partial charge in [0.15, 0.2) is 0 Å². The number of hydrogen-bond donors (Lipinski definition) is 0. The molecular weight excluding hydrogens is 302 g/mol. The van der Waals surface area contributed by atoms with Crippen molar-refractivity contribution in [2.24, 2.45) is 0 Å². The zero-order valence-corrected chi connectivity index (χ0v) is 13.1. The number of nitrogens with zero attached hydrogens (tertiary/aromatic N) is 5. The molecule has 3 aromatic rings. The van der Waals surface area contributed by atoms with Crippen molar-refractivity contribution in [3.05, 3.63) is 36.1 Å². The molecule has 0 radical (unpaired) electrons. The van der Waals surface area contributed by atoms with Gasteiger partial charge in [-0.05, 0) is 29.5 Å². The van der Waals surface area contributed by atoms with Crippen LogP contribution in [0, 0.1) is 0 Å². The fourth-order valence-corrected chi connectivity index (χ4v) is 2.81. The van der Waals surface area contributed by atoms with Crippen molar-refractivity contribution < 1.29 is 9.26 Å². The van der Waals surface area contributed by atoms with Gasteiger partial charge in [0.25, 0.3) is 0 Å². The van der Waals surface area contributed by atoms with E-state index in [-0.39, 0.29) is 0 Å². The predicted octanol–water partition coefficient (Wildman–Crippen LogP) is 2.65. The standard InChI is InChI=1S/C14H15N5O2S/c1-3-19-14(15-17-18-19)22-9-10-8-12(16-21-10)11-6-4-5-7-13(11)20-2/h4-8H,3,9H2,1-2H3. The number of thioether (sulfide) groups is 1. The third-order valence-corrected chi connectivity index (χ3v) is 4.06. The zero-order valence-electron chi connectivity index (χ0n) is 12.3. The Morgan fingerprint density at radius 3 is 3.00 bits per heavy atom. The normalized spacial score (nSPS) is 10.8. The molecule has 0 amide bonds. The molecule has 0 aliphatic carbocycles. The Labute approximate surface area is 131 Å². The molecule has 0 unspecified atom stereocenters. The second-order valence-electron chi connectivity index (χ2n) is 4.44. The Kier molecular flexibility index (Phi) is 4.38. The quantitative estimate of drug-likeness (QED) is 0.647. The molecule has 7 nitrogen and oxygen atoms in total. The van der Waals surface area contributed by atoms with Gasteiger partial charge in [0.1, 0.15) is 17.2 Å². The number of benzene rings is 1. The number of hydrogen-bond acceptors (Lipinski definition) is 7. The molecule has 0 N–H and O–H groups in total. The second kappa shape index (κ2) is 6.61. The Morgan fingerprint density at radius 2 is 2.18 bits per heavy atom. The lowest BCUT2D eigenvalue weighted by atomic mass is 10.1. The molecular formula is C14H15N5O2S. The van der Waals surface area contributed by atoms with Crippen LogP contribution in [0.4, 0.5) is 0 Å². The van der Waals surface area contributed by atoms with Crippen molar-refractivity contribution in [3.63, 3.8) is 0 Å². The minimum absolute atomic E-state index is 0.614. The van der Waals surface area contributed by atoms with Crippen LogP contribution < -0.4 is 4.74 Å². The van der Waals surface area contributed by atoms with E-state index in [4.69, 9.17) is 9.26 Å². The molecule has 0 bridgehead atoms. The molecule has 8 heteroatoms. The molecule has 3 rings (SSSR count). The van der Waals surface area contributed by atoms with E-state index in [0.29, 0.717) is 5.75 Å². The molecule has 0 saturated heterocycles. The maximum Gasteiger partial charge on any atom is 0.209 e. The molecule has 2 heterocycles. The maximum absolute atomic E-state index is 5.39. The van der Waals surface area contributed by atoms with E-state index in [1.807, 2.05) is 37.3 Å². The summed E-state index contributed by atoms with van der Waals surface area (Å²) in [5, 5.41) is 16.4. The Morgan fingerprint density at radius 1 is 1.32 bits per heavy atom. The summed E-state index contributed by atoms with van der Waals surface area (Å²) < 4.78 is 12.5. The third kappa shape index (κ3) is 2.96. The van der Waals surface area contributed by atoms with Gasteiger partial charge >= 0.3 is 0 Å². The lowest BCUT2D eigenvalue weighted by Crippen LogP contribution is -1.98. The first-order valence-electron chi connectivity index (χ1n) is 6.79. The average Bonchev–Trinajstić information content (AvgIpc) is 3.21. The topological polar surface area (TPSA) is 78.9 Å². The number of aromatic nitrogens is 5. The Hall–Kier alpha value is -2.35.